The molecule has 2 nitrogen and oxygen atoms in total. The highest BCUT2D eigenvalue weighted by molar-refractivity contribution is 5.48. The van der Waals surface area contributed by atoms with Crippen LogP contribution in [0.25, 0.3) is 0 Å². The van der Waals surface area contributed by atoms with Crippen molar-refractivity contribution in [2.45, 2.75) is 0 Å². The molecule has 0 saturated heterocycles. The summed E-state index contributed by atoms with van der Waals surface area (Å²) in [5.41, 5.74) is 0.146. The first-order valence-electron chi connectivity index (χ1n) is 3.62. The van der Waals surface area contributed by atoms with Crippen molar-refractivity contribution in [3.05, 3.63) is 29.3 Å². The fourth-order valence-electron chi connectivity index (χ4n) is 0.890. The van der Waals surface area contributed by atoms with Crippen LogP contribution < -0.4 is 4.74 Å². The third kappa shape index (κ3) is 1.99. The molecule has 0 aliphatic rings. The van der Waals surface area contributed by atoms with E-state index >= 15 is 0 Å². The summed E-state index contributed by atoms with van der Waals surface area (Å²) < 4.78 is 30.2. The zero-order valence-corrected chi connectivity index (χ0v) is 7.27. The molecule has 1 rings (SSSR count). The topological polar surface area (TPSA) is 33.0 Å². The summed E-state index contributed by atoms with van der Waals surface area (Å²) in [5, 5.41) is 8.18. The number of ether oxygens (including phenoxy) is 1. The number of rotatable bonds is 1. The van der Waals surface area contributed by atoms with E-state index in [4.69, 9.17) is 10.00 Å². The lowest BCUT2D eigenvalue weighted by Crippen LogP contribution is -1.92. The largest absolute Gasteiger partial charge is 0.495 e. The van der Waals surface area contributed by atoms with Crippen LogP contribution in [0.3, 0.4) is 0 Å². The molecule has 1 aromatic rings. The minimum atomic E-state index is -1.02. The van der Waals surface area contributed by atoms with Gasteiger partial charge < -0.3 is 4.74 Å². The van der Waals surface area contributed by atoms with Crippen molar-refractivity contribution in [3.63, 3.8) is 0 Å². The van der Waals surface area contributed by atoms with Crippen LogP contribution in [0.5, 0.6) is 5.75 Å². The van der Waals surface area contributed by atoms with Gasteiger partial charge in [-0.3, -0.25) is 0 Å². The van der Waals surface area contributed by atoms with Gasteiger partial charge in [-0.15, -0.1) is 0 Å². The second kappa shape index (κ2) is 4.25. The van der Waals surface area contributed by atoms with Crippen molar-refractivity contribution >= 4 is 0 Å². The van der Waals surface area contributed by atoms with Gasteiger partial charge in [-0.1, -0.05) is 0 Å². The van der Waals surface area contributed by atoms with Crippen molar-refractivity contribution in [2.75, 3.05) is 7.11 Å². The van der Waals surface area contributed by atoms with E-state index in [0.717, 1.165) is 12.1 Å². The number of nitriles is 1. The van der Waals surface area contributed by atoms with E-state index in [1.807, 2.05) is 0 Å². The van der Waals surface area contributed by atoms with Crippen molar-refractivity contribution in [1.29, 1.82) is 5.26 Å². The summed E-state index contributed by atoms with van der Waals surface area (Å²) in [6.45, 7) is 0. The van der Waals surface area contributed by atoms with Crippen molar-refractivity contribution in [2.24, 2.45) is 0 Å². The van der Waals surface area contributed by atoms with Gasteiger partial charge in [-0.2, -0.15) is 5.26 Å². The molecule has 70 valence electrons. The van der Waals surface area contributed by atoms with Crippen LogP contribution in [0.2, 0.25) is 0 Å². The summed E-state index contributed by atoms with van der Waals surface area (Å²) in [6.07, 6.45) is 0. The number of hydrogen-bond acceptors (Lipinski definition) is 2. The highest BCUT2D eigenvalue weighted by Gasteiger charge is 2.08. The average Bonchev–Trinajstić information content (AvgIpc) is 2.19. The highest BCUT2D eigenvalue weighted by atomic mass is 19.2. The van der Waals surface area contributed by atoms with Crippen molar-refractivity contribution in [3.8, 4) is 23.7 Å². The van der Waals surface area contributed by atoms with E-state index in [1.165, 1.54) is 7.11 Å². The first-order valence-corrected chi connectivity index (χ1v) is 3.62. The lowest BCUT2D eigenvalue weighted by atomic mass is 10.2. The van der Waals surface area contributed by atoms with Gasteiger partial charge in [0.05, 0.1) is 12.7 Å². The number of hydrogen-bond donors (Lipinski definition) is 0. The second-order valence-corrected chi connectivity index (χ2v) is 2.33. The maximum Gasteiger partial charge on any atom is 0.162 e. The zero-order valence-electron chi connectivity index (χ0n) is 7.27. The SMILES string of the molecule is COc1cc(F)c(F)cc1C#CC#N. The quantitative estimate of drug-likeness (QED) is 0.637. The van der Waals surface area contributed by atoms with E-state index < -0.39 is 11.6 Å². The lowest BCUT2D eigenvalue weighted by molar-refractivity contribution is 0.405. The average molecular weight is 193 g/mol. The maximum atomic E-state index is 12.7. The third-order valence-electron chi connectivity index (χ3n) is 1.50. The van der Waals surface area contributed by atoms with E-state index in [9.17, 15) is 8.78 Å². The number of halogens is 2. The number of methoxy groups -OCH3 is 1. The minimum absolute atomic E-state index is 0.103. The van der Waals surface area contributed by atoms with E-state index in [1.54, 1.807) is 6.07 Å². The van der Waals surface area contributed by atoms with E-state index in [2.05, 4.69) is 11.8 Å². The zero-order chi connectivity index (χ0) is 10.6. The number of nitrogens with zero attached hydrogens (tertiary/aromatic N) is 1. The molecule has 0 bridgehead atoms. The lowest BCUT2D eigenvalue weighted by Gasteiger charge is -2.03. The van der Waals surface area contributed by atoms with Gasteiger partial charge in [0.25, 0.3) is 0 Å². The fourth-order valence-corrected chi connectivity index (χ4v) is 0.890. The standard InChI is InChI=1S/C10H5F2NO/c1-14-10-6-9(12)8(11)5-7(10)3-2-4-13/h5-6H,1H3. The molecule has 0 saturated carbocycles. The van der Waals surface area contributed by atoms with Crippen LogP contribution in [-0.2, 0) is 0 Å². The van der Waals surface area contributed by atoms with Crippen LogP contribution in [0.15, 0.2) is 12.1 Å². The Bertz CT molecular complexity index is 452. The predicted octanol–water partition coefficient (Wildman–Crippen LogP) is 1.85. The molecule has 0 fully saturated rings. The van der Waals surface area contributed by atoms with E-state index in [-0.39, 0.29) is 11.3 Å². The first kappa shape index (κ1) is 10.0. The fraction of sp³-hybridized carbons (Fsp3) is 0.100. The molecule has 0 spiro atoms. The Labute approximate surface area is 79.7 Å². The maximum absolute atomic E-state index is 12.7. The van der Waals surface area contributed by atoms with Gasteiger partial charge in [0.2, 0.25) is 0 Å². The van der Waals surface area contributed by atoms with Gasteiger partial charge in [0, 0.05) is 12.0 Å². The molecule has 0 N–H and O–H groups in total. The van der Waals surface area contributed by atoms with Gasteiger partial charge >= 0.3 is 0 Å². The van der Waals surface area contributed by atoms with Crippen LogP contribution in [-0.4, -0.2) is 7.11 Å². The van der Waals surface area contributed by atoms with Gasteiger partial charge in [-0.25, -0.2) is 8.78 Å². The Morgan fingerprint density at radius 2 is 1.93 bits per heavy atom. The van der Waals surface area contributed by atoms with Crippen molar-refractivity contribution in [1.82, 2.24) is 0 Å². The molecular formula is C10H5F2NO. The van der Waals surface area contributed by atoms with Crippen LogP contribution in [0, 0.1) is 34.8 Å². The molecule has 14 heavy (non-hydrogen) atoms. The van der Waals surface area contributed by atoms with Crippen molar-refractivity contribution < 1.29 is 13.5 Å². The van der Waals surface area contributed by atoms with Gasteiger partial charge in [-0.05, 0) is 12.0 Å². The van der Waals surface area contributed by atoms with Crippen LogP contribution in [0.4, 0.5) is 8.78 Å². The Hall–Kier alpha value is -2.07. The molecule has 0 heterocycles. The number of benzene rings is 1. The molecule has 0 aliphatic carbocycles. The third-order valence-corrected chi connectivity index (χ3v) is 1.50. The molecule has 0 amide bonds. The minimum Gasteiger partial charge on any atom is -0.495 e. The molecule has 0 atom stereocenters. The normalized spacial score (nSPS) is 8.43. The highest BCUT2D eigenvalue weighted by Crippen LogP contribution is 2.20. The Balaban J connectivity index is 3.28. The summed E-state index contributed by atoms with van der Waals surface area (Å²) in [4.78, 5) is 0. The molecular weight excluding hydrogens is 188 g/mol. The second-order valence-electron chi connectivity index (χ2n) is 2.33. The molecule has 0 aliphatic heterocycles. The summed E-state index contributed by atoms with van der Waals surface area (Å²) in [7, 11) is 1.31. The molecule has 0 radical (unpaired) electrons. The molecule has 4 heteroatoms. The predicted molar refractivity (Wildman–Crippen MR) is 45.4 cm³/mol. The summed E-state index contributed by atoms with van der Waals surface area (Å²) in [5.74, 6) is 2.48. The van der Waals surface area contributed by atoms with Gasteiger partial charge in [0.15, 0.2) is 17.7 Å². The monoisotopic (exact) mass is 193 g/mol. The molecule has 0 unspecified atom stereocenters. The smallest absolute Gasteiger partial charge is 0.162 e. The van der Waals surface area contributed by atoms with E-state index in [0.29, 0.717) is 0 Å². The molecule has 0 aromatic heterocycles. The van der Waals surface area contributed by atoms with Gasteiger partial charge in [0.1, 0.15) is 5.75 Å². The summed E-state index contributed by atoms with van der Waals surface area (Å²) in [6, 6.07) is 3.34. The first-order chi connectivity index (χ1) is 6.69. The Morgan fingerprint density at radius 3 is 2.50 bits per heavy atom. The molecule has 1 aromatic carbocycles. The van der Waals surface area contributed by atoms with Crippen LogP contribution in [0.1, 0.15) is 5.56 Å². The Kier molecular flexibility index (Phi) is 3.04. The summed E-state index contributed by atoms with van der Waals surface area (Å²) >= 11 is 0. The Morgan fingerprint density at radius 1 is 1.29 bits per heavy atom. The van der Waals surface area contributed by atoms with Crippen LogP contribution >= 0.6 is 0 Å².